The topological polar surface area (TPSA) is 45.8 Å². The molecule has 136 valence electrons. The van der Waals surface area contributed by atoms with Crippen molar-refractivity contribution in [2.24, 2.45) is 0 Å². The third kappa shape index (κ3) is 3.03. The molecule has 3 aromatic carbocycles. The van der Waals surface area contributed by atoms with Crippen molar-refractivity contribution < 1.29 is 0 Å². The van der Waals surface area contributed by atoms with Gasteiger partial charge < -0.3 is 4.98 Å². The number of benzene rings is 3. The molecule has 3 nitrogen and oxygen atoms in total. The van der Waals surface area contributed by atoms with Gasteiger partial charge in [-0.05, 0) is 36.8 Å². The Labute approximate surface area is 170 Å². The smallest absolute Gasteiger partial charge is 0.263 e. The van der Waals surface area contributed by atoms with Crippen LogP contribution in [0.15, 0.2) is 86.8 Å². The van der Waals surface area contributed by atoms with Crippen molar-refractivity contribution in [3.8, 4) is 11.1 Å². The third-order valence-corrected chi connectivity index (χ3v) is 6.84. The summed E-state index contributed by atoms with van der Waals surface area (Å²) in [5, 5.41) is 1.05. The van der Waals surface area contributed by atoms with Crippen molar-refractivity contribution >= 4 is 44.2 Å². The molecule has 0 amide bonds. The number of thiazole rings is 1. The minimum absolute atomic E-state index is 0.0838. The number of aryl methyl sites for hydroxylation is 1. The van der Waals surface area contributed by atoms with Crippen LogP contribution in [0.25, 0.3) is 32.2 Å². The summed E-state index contributed by atoms with van der Waals surface area (Å²) in [6.45, 7) is 2.07. The summed E-state index contributed by atoms with van der Waals surface area (Å²) in [6.07, 6.45) is 0. The lowest BCUT2D eigenvalue weighted by atomic mass is 10.00. The van der Waals surface area contributed by atoms with Gasteiger partial charge in [0, 0.05) is 16.5 Å². The number of para-hydroxylation sites is 1. The van der Waals surface area contributed by atoms with E-state index in [9.17, 15) is 4.79 Å². The molecule has 0 atom stereocenters. The lowest BCUT2D eigenvalue weighted by Crippen LogP contribution is -2.10. The Hall–Kier alpha value is -2.89. The summed E-state index contributed by atoms with van der Waals surface area (Å²) in [5.41, 5.74) is 4.89. The fraction of sp³-hybridized carbons (Fsp3) is 0.0435. The van der Waals surface area contributed by atoms with E-state index in [0.29, 0.717) is 4.90 Å². The molecule has 2 heterocycles. The number of nitrogens with one attached hydrogen (secondary N) is 1. The number of fused-ring (bicyclic) bond motifs is 2. The zero-order valence-electron chi connectivity index (χ0n) is 15.1. The second-order valence-corrected chi connectivity index (χ2v) is 8.91. The van der Waals surface area contributed by atoms with E-state index >= 15 is 0 Å². The van der Waals surface area contributed by atoms with E-state index in [1.807, 2.05) is 48.5 Å². The lowest BCUT2D eigenvalue weighted by Gasteiger charge is -2.12. The number of hydrogen-bond donors (Lipinski definition) is 1. The Morgan fingerprint density at radius 1 is 0.964 bits per heavy atom. The van der Waals surface area contributed by atoms with E-state index in [1.54, 1.807) is 11.3 Å². The number of aromatic nitrogens is 2. The molecular formula is C23H16N2OS2. The molecule has 0 aliphatic heterocycles. The quantitative estimate of drug-likeness (QED) is 0.388. The van der Waals surface area contributed by atoms with Crippen LogP contribution in [-0.2, 0) is 0 Å². The van der Waals surface area contributed by atoms with Crippen molar-refractivity contribution in [2.75, 3.05) is 0 Å². The average molecular weight is 401 g/mol. The van der Waals surface area contributed by atoms with Gasteiger partial charge in [-0.15, -0.1) is 11.3 Å². The maximum atomic E-state index is 13.0. The highest BCUT2D eigenvalue weighted by Crippen LogP contribution is 2.40. The van der Waals surface area contributed by atoms with E-state index in [2.05, 4.69) is 36.2 Å². The summed E-state index contributed by atoms with van der Waals surface area (Å²) in [6, 6.07) is 24.3. The molecule has 0 spiro atoms. The largest absolute Gasteiger partial charge is 0.321 e. The molecule has 0 unspecified atom stereocenters. The van der Waals surface area contributed by atoms with Gasteiger partial charge in [-0.1, -0.05) is 65.9 Å². The van der Waals surface area contributed by atoms with E-state index < -0.39 is 0 Å². The van der Waals surface area contributed by atoms with Crippen molar-refractivity contribution in [1.29, 1.82) is 0 Å². The van der Waals surface area contributed by atoms with Crippen molar-refractivity contribution in [3.05, 3.63) is 88.7 Å². The van der Waals surface area contributed by atoms with Gasteiger partial charge in [-0.3, -0.25) is 4.79 Å². The molecule has 0 aliphatic rings. The highest BCUT2D eigenvalue weighted by Gasteiger charge is 2.17. The molecular weight excluding hydrogens is 384 g/mol. The Morgan fingerprint density at radius 3 is 2.57 bits per heavy atom. The van der Waals surface area contributed by atoms with E-state index in [-0.39, 0.29) is 5.56 Å². The molecule has 5 heteroatoms. The second kappa shape index (κ2) is 6.93. The third-order valence-electron chi connectivity index (χ3n) is 4.65. The minimum atomic E-state index is -0.0838. The van der Waals surface area contributed by atoms with Crippen LogP contribution in [0.3, 0.4) is 0 Å². The van der Waals surface area contributed by atoms with Crippen LogP contribution in [0.2, 0.25) is 0 Å². The highest BCUT2D eigenvalue weighted by molar-refractivity contribution is 8.01. The molecule has 0 aliphatic carbocycles. The number of rotatable bonds is 3. The fourth-order valence-corrected chi connectivity index (χ4v) is 5.53. The minimum Gasteiger partial charge on any atom is -0.321 e. The second-order valence-electron chi connectivity index (χ2n) is 6.62. The maximum absolute atomic E-state index is 13.0. The normalized spacial score (nSPS) is 11.3. The predicted molar refractivity (Wildman–Crippen MR) is 118 cm³/mol. The Balaban J connectivity index is 1.77. The molecule has 28 heavy (non-hydrogen) atoms. The summed E-state index contributed by atoms with van der Waals surface area (Å²) < 4.78 is 2.00. The van der Waals surface area contributed by atoms with E-state index in [1.165, 1.54) is 11.8 Å². The van der Waals surface area contributed by atoms with Gasteiger partial charge in [0.25, 0.3) is 5.56 Å². The summed E-state index contributed by atoms with van der Waals surface area (Å²) >= 11 is 3.06. The number of H-pyrrole nitrogens is 1. The molecule has 0 saturated carbocycles. The van der Waals surface area contributed by atoms with Gasteiger partial charge in [0.15, 0.2) is 4.34 Å². The van der Waals surface area contributed by atoms with Crippen LogP contribution in [0.1, 0.15) is 5.56 Å². The Bertz CT molecular complexity index is 1340. The van der Waals surface area contributed by atoms with Crippen LogP contribution >= 0.6 is 23.1 Å². The van der Waals surface area contributed by atoms with Gasteiger partial charge in [-0.25, -0.2) is 4.98 Å². The Kier molecular flexibility index (Phi) is 4.26. The fourth-order valence-electron chi connectivity index (χ4n) is 3.36. The van der Waals surface area contributed by atoms with Crippen LogP contribution in [0, 0.1) is 6.92 Å². The van der Waals surface area contributed by atoms with Gasteiger partial charge in [0.1, 0.15) is 0 Å². The molecule has 5 rings (SSSR count). The predicted octanol–water partition coefficient (Wildman–Crippen LogP) is 6.26. The van der Waals surface area contributed by atoms with Gasteiger partial charge >= 0.3 is 0 Å². The van der Waals surface area contributed by atoms with E-state index in [4.69, 9.17) is 4.98 Å². The molecule has 5 aromatic rings. The number of pyridine rings is 1. The molecule has 0 bridgehead atoms. The first-order chi connectivity index (χ1) is 13.7. The van der Waals surface area contributed by atoms with Crippen LogP contribution in [0.4, 0.5) is 0 Å². The maximum Gasteiger partial charge on any atom is 0.263 e. The zero-order valence-corrected chi connectivity index (χ0v) is 16.7. The first-order valence-electron chi connectivity index (χ1n) is 8.94. The summed E-state index contributed by atoms with van der Waals surface area (Å²) in [4.78, 5) is 21.5. The molecule has 0 radical (unpaired) electrons. The zero-order chi connectivity index (χ0) is 19.1. The summed E-state index contributed by atoms with van der Waals surface area (Å²) in [5.74, 6) is 0. The molecule has 2 aromatic heterocycles. The first kappa shape index (κ1) is 17.2. The van der Waals surface area contributed by atoms with Gasteiger partial charge in [0.2, 0.25) is 0 Å². The molecule has 0 fully saturated rings. The van der Waals surface area contributed by atoms with Crippen LogP contribution < -0.4 is 5.56 Å². The number of nitrogens with zero attached hydrogens (tertiary/aromatic N) is 1. The SMILES string of the molecule is Cc1ccc2[nH]c(=O)c(Sc3nc4ccccc4s3)c(-c3ccccc3)c2c1. The highest BCUT2D eigenvalue weighted by atomic mass is 32.2. The van der Waals surface area contributed by atoms with Crippen molar-refractivity contribution in [1.82, 2.24) is 9.97 Å². The number of hydrogen-bond acceptors (Lipinski definition) is 4. The lowest BCUT2D eigenvalue weighted by molar-refractivity contribution is 1.19. The van der Waals surface area contributed by atoms with E-state index in [0.717, 1.165) is 42.1 Å². The first-order valence-corrected chi connectivity index (χ1v) is 10.6. The average Bonchev–Trinajstić information content (AvgIpc) is 3.12. The van der Waals surface area contributed by atoms with Crippen LogP contribution in [0.5, 0.6) is 0 Å². The van der Waals surface area contributed by atoms with Gasteiger partial charge in [0.05, 0.1) is 15.1 Å². The van der Waals surface area contributed by atoms with Gasteiger partial charge in [-0.2, -0.15) is 0 Å². The monoisotopic (exact) mass is 400 g/mol. The van der Waals surface area contributed by atoms with Crippen LogP contribution in [-0.4, -0.2) is 9.97 Å². The Morgan fingerprint density at radius 2 is 1.75 bits per heavy atom. The van der Waals surface area contributed by atoms with Crippen molar-refractivity contribution in [2.45, 2.75) is 16.2 Å². The molecule has 1 N–H and O–H groups in total. The van der Waals surface area contributed by atoms with Crippen molar-refractivity contribution in [3.63, 3.8) is 0 Å². The standard InChI is InChI=1S/C23H16N2OS2/c1-14-11-12-17-16(13-14)20(15-7-3-2-4-8-15)21(22(26)24-17)28-23-25-18-9-5-6-10-19(18)27-23/h2-13H,1H3,(H,24,26). The number of aromatic amines is 1. The summed E-state index contributed by atoms with van der Waals surface area (Å²) in [7, 11) is 0. The molecule has 0 saturated heterocycles.